The number of ether oxygens (including phenoxy) is 2. The Kier molecular flexibility index (Phi) is 4.70. The van der Waals surface area contributed by atoms with Crippen LogP contribution in [0.4, 0.5) is 5.69 Å². The van der Waals surface area contributed by atoms with Gasteiger partial charge >= 0.3 is 0 Å². The number of nitrogens with two attached hydrogens (primary N) is 1. The second-order valence-corrected chi connectivity index (χ2v) is 6.82. The highest BCUT2D eigenvalue weighted by Gasteiger charge is 2.27. The van der Waals surface area contributed by atoms with Gasteiger partial charge in [0, 0.05) is 25.5 Å². The zero-order valence-electron chi connectivity index (χ0n) is 14.2. The van der Waals surface area contributed by atoms with E-state index in [1.54, 1.807) is 0 Å². The van der Waals surface area contributed by atoms with Crippen molar-refractivity contribution in [3.63, 3.8) is 0 Å². The lowest BCUT2D eigenvalue weighted by molar-refractivity contribution is -0.119. The maximum absolute atomic E-state index is 12.4. The van der Waals surface area contributed by atoms with E-state index in [4.69, 9.17) is 15.2 Å². The normalized spacial score (nSPS) is 23.0. The van der Waals surface area contributed by atoms with Crippen molar-refractivity contribution in [2.75, 3.05) is 25.1 Å². The monoisotopic (exact) mass is 344 g/mol. The summed E-state index contributed by atoms with van der Waals surface area (Å²) < 4.78 is 11.0. The molecule has 1 amide bonds. The van der Waals surface area contributed by atoms with Gasteiger partial charge in [-0.15, -0.1) is 0 Å². The van der Waals surface area contributed by atoms with Crippen LogP contribution in [0.1, 0.15) is 37.6 Å². The molecule has 2 aromatic rings. The minimum Gasteiger partial charge on any atom is -0.381 e. The number of carbonyl (C=O) groups is 1. The third-order valence-corrected chi connectivity index (χ3v) is 5.08. The Morgan fingerprint density at radius 2 is 2.12 bits per heavy atom. The van der Waals surface area contributed by atoms with Gasteiger partial charge < -0.3 is 25.5 Å². The van der Waals surface area contributed by atoms with E-state index < -0.39 is 6.04 Å². The number of nitrogens with zero attached hydrogens (tertiary/aromatic N) is 1. The molecule has 2 aliphatic heterocycles. The number of rotatable bonds is 4. The van der Waals surface area contributed by atoms with Crippen LogP contribution < -0.4 is 11.1 Å². The van der Waals surface area contributed by atoms with Crippen LogP contribution in [0, 0.1) is 5.92 Å². The smallest absolute Gasteiger partial charge is 0.241 e. The van der Waals surface area contributed by atoms with Crippen molar-refractivity contribution in [3.8, 4) is 0 Å². The maximum atomic E-state index is 12.4. The van der Waals surface area contributed by atoms with E-state index in [1.807, 2.05) is 18.2 Å². The predicted octanol–water partition coefficient (Wildman–Crippen LogP) is 2.11. The highest BCUT2D eigenvalue weighted by Crippen LogP contribution is 2.29. The lowest BCUT2D eigenvalue weighted by atomic mass is 9.92. The van der Waals surface area contributed by atoms with E-state index in [9.17, 15) is 4.79 Å². The first-order chi connectivity index (χ1) is 12.2. The number of amides is 1. The van der Waals surface area contributed by atoms with E-state index in [2.05, 4.69) is 15.3 Å². The molecule has 0 radical (unpaired) electrons. The number of hydrogen-bond acceptors (Lipinski definition) is 5. The predicted molar refractivity (Wildman–Crippen MR) is 94.2 cm³/mol. The summed E-state index contributed by atoms with van der Waals surface area (Å²) >= 11 is 0. The van der Waals surface area contributed by atoms with Crippen molar-refractivity contribution in [1.82, 2.24) is 9.97 Å². The molecule has 4 rings (SSSR count). The molecule has 134 valence electrons. The number of hydrogen-bond donors (Lipinski definition) is 3. The first-order valence-corrected chi connectivity index (χ1v) is 8.96. The zero-order valence-corrected chi connectivity index (χ0v) is 14.2. The summed E-state index contributed by atoms with van der Waals surface area (Å²) in [4.78, 5) is 20.3. The number of aromatic amines is 1. The summed E-state index contributed by atoms with van der Waals surface area (Å²) in [7, 11) is 0. The molecule has 7 heteroatoms. The van der Waals surface area contributed by atoms with E-state index in [0.29, 0.717) is 13.2 Å². The third-order valence-electron chi connectivity index (χ3n) is 5.08. The minimum atomic E-state index is -0.510. The number of nitrogens with one attached hydrogen (secondary N) is 2. The summed E-state index contributed by atoms with van der Waals surface area (Å²) in [6, 6.07) is 5.15. The Labute approximate surface area is 146 Å². The molecule has 2 fully saturated rings. The third kappa shape index (κ3) is 3.53. The topological polar surface area (TPSA) is 102 Å². The van der Waals surface area contributed by atoms with Crippen molar-refractivity contribution in [2.24, 2.45) is 11.7 Å². The van der Waals surface area contributed by atoms with Gasteiger partial charge in [0.1, 0.15) is 11.9 Å². The molecule has 0 aliphatic carbocycles. The van der Waals surface area contributed by atoms with Crippen LogP contribution in [0.15, 0.2) is 18.2 Å². The Hall–Kier alpha value is -1.96. The molecule has 2 atom stereocenters. The number of H-pyrrole nitrogens is 1. The summed E-state index contributed by atoms with van der Waals surface area (Å²) in [5, 5.41) is 2.93. The van der Waals surface area contributed by atoms with Crippen molar-refractivity contribution < 1.29 is 14.3 Å². The van der Waals surface area contributed by atoms with Gasteiger partial charge in [-0.3, -0.25) is 4.79 Å². The number of benzene rings is 1. The summed E-state index contributed by atoms with van der Waals surface area (Å²) in [5.41, 5.74) is 8.62. The van der Waals surface area contributed by atoms with Crippen LogP contribution in [-0.4, -0.2) is 41.7 Å². The molecule has 7 nitrogen and oxygen atoms in total. The fraction of sp³-hybridized carbons (Fsp3) is 0.556. The molecule has 2 unspecified atom stereocenters. The van der Waals surface area contributed by atoms with E-state index in [1.165, 1.54) is 0 Å². The van der Waals surface area contributed by atoms with Crippen LogP contribution in [0.25, 0.3) is 11.0 Å². The standard InChI is InChI=1S/C18H24N4O3/c19-16(11-5-8-24-9-6-11)18(23)20-12-3-4-13-14(10-12)22-17(21-13)15-2-1-7-25-15/h3-4,10-11,15-16H,1-2,5-9,19H2,(H,20,23)(H,21,22). The van der Waals surface area contributed by atoms with Crippen LogP contribution in [-0.2, 0) is 14.3 Å². The molecule has 2 saturated heterocycles. The highest BCUT2D eigenvalue weighted by atomic mass is 16.5. The van der Waals surface area contributed by atoms with E-state index in [0.717, 1.165) is 54.8 Å². The van der Waals surface area contributed by atoms with Crippen molar-refractivity contribution in [3.05, 3.63) is 24.0 Å². The molecule has 0 saturated carbocycles. The number of fused-ring (bicyclic) bond motifs is 1. The summed E-state index contributed by atoms with van der Waals surface area (Å²) in [5.74, 6) is 0.885. The minimum absolute atomic E-state index is 0.0485. The number of carbonyl (C=O) groups excluding carboxylic acids is 1. The number of aromatic nitrogens is 2. The van der Waals surface area contributed by atoms with E-state index in [-0.39, 0.29) is 17.9 Å². The van der Waals surface area contributed by atoms with Gasteiger partial charge in [0.25, 0.3) is 0 Å². The molecule has 25 heavy (non-hydrogen) atoms. The van der Waals surface area contributed by atoms with Crippen LogP contribution in [0.2, 0.25) is 0 Å². The van der Waals surface area contributed by atoms with Gasteiger partial charge in [-0.1, -0.05) is 0 Å². The Morgan fingerprint density at radius 3 is 2.88 bits per heavy atom. The van der Waals surface area contributed by atoms with Gasteiger partial charge in [0.2, 0.25) is 5.91 Å². The van der Waals surface area contributed by atoms with Crippen LogP contribution in [0.5, 0.6) is 0 Å². The molecular formula is C18H24N4O3. The number of anilines is 1. The summed E-state index contributed by atoms with van der Waals surface area (Å²) in [6.07, 6.45) is 3.77. The second-order valence-electron chi connectivity index (χ2n) is 6.82. The number of imidazole rings is 1. The molecule has 0 spiro atoms. The van der Waals surface area contributed by atoms with Crippen molar-refractivity contribution in [1.29, 1.82) is 0 Å². The molecule has 4 N–H and O–H groups in total. The van der Waals surface area contributed by atoms with E-state index >= 15 is 0 Å². The fourth-order valence-corrected chi connectivity index (χ4v) is 3.57. The average molecular weight is 344 g/mol. The quantitative estimate of drug-likeness (QED) is 0.788. The van der Waals surface area contributed by atoms with Crippen LogP contribution in [0.3, 0.4) is 0 Å². The molecule has 0 bridgehead atoms. The molecule has 1 aromatic heterocycles. The first-order valence-electron chi connectivity index (χ1n) is 8.96. The Morgan fingerprint density at radius 1 is 1.28 bits per heavy atom. The zero-order chi connectivity index (χ0) is 17.2. The average Bonchev–Trinajstić information content (AvgIpc) is 3.30. The fourth-order valence-electron chi connectivity index (χ4n) is 3.57. The highest BCUT2D eigenvalue weighted by molar-refractivity contribution is 5.96. The molecule has 1 aromatic carbocycles. The van der Waals surface area contributed by atoms with Gasteiger partial charge in [-0.25, -0.2) is 4.98 Å². The largest absolute Gasteiger partial charge is 0.381 e. The molecule has 2 aliphatic rings. The van der Waals surface area contributed by atoms with Gasteiger partial charge in [-0.05, 0) is 49.8 Å². The second kappa shape index (κ2) is 7.11. The Balaban J connectivity index is 1.46. The first kappa shape index (κ1) is 16.5. The van der Waals surface area contributed by atoms with Gasteiger partial charge in [-0.2, -0.15) is 0 Å². The Bertz CT molecular complexity index is 748. The maximum Gasteiger partial charge on any atom is 0.241 e. The van der Waals surface area contributed by atoms with Crippen molar-refractivity contribution in [2.45, 2.75) is 37.8 Å². The lowest BCUT2D eigenvalue weighted by Crippen LogP contribution is -2.43. The SMILES string of the molecule is NC(C(=O)Nc1ccc2nc(C3CCCO3)[nH]c2c1)C1CCOCC1. The molecular weight excluding hydrogens is 320 g/mol. The van der Waals surface area contributed by atoms with Crippen molar-refractivity contribution >= 4 is 22.6 Å². The molecule has 3 heterocycles. The van der Waals surface area contributed by atoms with Crippen LogP contribution >= 0.6 is 0 Å². The van der Waals surface area contributed by atoms with Gasteiger partial charge in [0.05, 0.1) is 17.1 Å². The van der Waals surface area contributed by atoms with Gasteiger partial charge in [0.15, 0.2) is 0 Å². The lowest BCUT2D eigenvalue weighted by Gasteiger charge is -2.26. The summed E-state index contributed by atoms with van der Waals surface area (Å²) in [6.45, 7) is 2.14.